The number of rotatable bonds is 4. The van der Waals surface area contributed by atoms with Crippen molar-refractivity contribution in [2.75, 3.05) is 26.4 Å². The summed E-state index contributed by atoms with van der Waals surface area (Å²) in [6.07, 6.45) is 1.61. The molecule has 5 unspecified atom stereocenters. The smallest absolute Gasteiger partial charge is 0.234 e. The molecule has 5 atom stereocenters. The number of piperidine rings is 2. The van der Waals surface area contributed by atoms with Crippen molar-refractivity contribution in [3.05, 3.63) is 23.8 Å². The number of alkyl halides is 1. The molecule has 162 valence electrons. The molecule has 0 bridgehead atoms. The molecule has 0 spiro atoms. The highest BCUT2D eigenvalue weighted by Gasteiger charge is 2.47. The van der Waals surface area contributed by atoms with Gasteiger partial charge in [-0.1, -0.05) is 6.07 Å². The molecular formula is C22H28FN3O4. The van der Waals surface area contributed by atoms with E-state index in [1.165, 1.54) is 0 Å². The highest BCUT2D eigenvalue weighted by atomic mass is 19.1. The Bertz CT molecular complexity index is 835. The van der Waals surface area contributed by atoms with E-state index in [1.54, 1.807) is 0 Å². The summed E-state index contributed by atoms with van der Waals surface area (Å²) < 4.78 is 24.5. The second kappa shape index (κ2) is 8.15. The van der Waals surface area contributed by atoms with Crippen LogP contribution in [0.4, 0.5) is 4.39 Å². The number of Topliss-reactive ketones (excluding diaryl/α,β-unsaturated/α-hetero) is 1. The van der Waals surface area contributed by atoms with Gasteiger partial charge < -0.3 is 20.1 Å². The lowest BCUT2D eigenvalue weighted by atomic mass is 9.70. The third-order valence-corrected chi connectivity index (χ3v) is 6.94. The standard InChI is InChI=1S/C22H28FN3O4/c23-14-2-3-17-15(8-14)22(28)16-10-26(6-5-18(16)25-17)11-21(27)24-9-13-1-4-19-20(7-13)30-12-29-19/h1,4,7,14-18,25H,2-3,5-6,8-12H2,(H,24,27). The van der Waals surface area contributed by atoms with Crippen molar-refractivity contribution in [2.45, 2.75) is 50.5 Å². The van der Waals surface area contributed by atoms with Gasteiger partial charge in [0.05, 0.1) is 6.54 Å². The molecular weight excluding hydrogens is 389 g/mol. The first-order valence-electron chi connectivity index (χ1n) is 10.9. The Morgan fingerprint density at radius 2 is 2.00 bits per heavy atom. The number of carbonyl (C=O) groups is 2. The molecule has 2 N–H and O–H groups in total. The van der Waals surface area contributed by atoms with Gasteiger partial charge in [-0.3, -0.25) is 14.5 Å². The highest BCUT2D eigenvalue weighted by molar-refractivity contribution is 5.86. The van der Waals surface area contributed by atoms with Crippen molar-refractivity contribution in [1.29, 1.82) is 0 Å². The maximum absolute atomic E-state index is 13.8. The van der Waals surface area contributed by atoms with Gasteiger partial charge in [0.2, 0.25) is 12.7 Å². The van der Waals surface area contributed by atoms with Gasteiger partial charge in [0, 0.05) is 43.6 Å². The van der Waals surface area contributed by atoms with E-state index in [2.05, 4.69) is 10.6 Å². The first kappa shape index (κ1) is 19.8. The fourth-order valence-corrected chi connectivity index (χ4v) is 5.34. The van der Waals surface area contributed by atoms with Crippen LogP contribution >= 0.6 is 0 Å². The number of halogens is 1. The molecule has 2 saturated heterocycles. The average molecular weight is 417 g/mol. The van der Waals surface area contributed by atoms with Crippen molar-refractivity contribution >= 4 is 11.7 Å². The molecule has 1 aromatic rings. The summed E-state index contributed by atoms with van der Waals surface area (Å²) >= 11 is 0. The zero-order chi connectivity index (χ0) is 20.7. The van der Waals surface area contributed by atoms with Crippen LogP contribution in [0.3, 0.4) is 0 Å². The molecule has 8 heteroatoms. The third kappa shape index (κ3) is 3.90. The summed E-state index contributed by atoms with van der Waals surface area (Å²) in [6.45, 7) is 2.25. The van der Waals surface area contributed by atoms with Gasteiger partial charge in [-0.05, 0) is 43.4 Å². The Kier molecular flexibility index (Phi) is 5.37. The van der Waals surface area contributed by atoms with E-state index >= 15 is 0 Å². The molecule has 0 aromatic heterocycles. The molecule has 1 aliphatic carbocycles. The highest BCUT2D eigenvalue weighted by Crippen LogP contribution is 2.36. The summed E-state index contributed by atoms with van der Waals surface area (Å²) in [6, 6.07) is 5.91. The minimum atomic E-state index is -0.866. The quantitative estimate of drug-likeness (QED) is 0.771. The predicted molar refractivity (Wildman–Crippen MR) is 107 cm³/mol. The maximum Gasteiger partial charge on any atom is 0.234 e. The molecule has 5 rings (SSSR count). The lowest BCUT2D eigenvalue weighted by Crippen LogP contribution is -2.64. The predicted octanol–water partition coefficient (Wildman–Crippen LogP) is 1.40. The number of nitrogens with one attached hydrogen (secondary N) is 2. The Balaban J connectivity index is 1.14. The van der Waals surface area contributed by atoms with Crippen LogP contribution in [0.5, 0.6) is 11.5 Å². The van der Waals surface area contributed by atoms with E-state index < -0.39 is 6.17 Å². The number of carbonyl (C=O) groups excluding carboxylic acids is 2. The monoisotopic (exact) mass is 417 g/mol. The number of ether oxygens (including phenoxy) is 2. The Morgan fingerprint density at radius 3 is 2.90 bits per heavy atom. The number of fused-ring (bicyclic) bond motifs is 3. The molecule has 1 amide bonds. The topological polar surface area (TPSA) is 79.9 Å². The summed E-state index contributed by atoms with van der Waals surface area (Å²) in [5.41, 5.74) is 0.946. The summed E-state index contributed by atoms with van der Waals surface area (Å²) in [7, 11) is 0. The van der Waals surface area contributed by atoms with E-state index in [1.807, 2.05) is 23.1 Å². The zero-order valence-electron chi connectivity index (χ0n) is 16.9. The van der Waals surface area contributed by atoms with Crippen LogP contribution in [-0.4, -0.2) is 61.3 Å². The van der Waals surface area contributed by atoms with Crippen molar-refractivity contribution in [2.24, 2.45) is 11.8 Å². The second-order valence-corrected chi connectivity index (χ2v) is 8.89. The minimum Gasteiger partial charge on any atom is -0.454 e. The number of hydrogen-bond acceptors (Lipinski definition) is 6. The number of benzene rings is 1. The van der Waals surface area contributed by atoms with Crippen LogP contribution < -0.4 is 20.1 Å². The third-order valence-electron chi connectivity index (χ3n) is 6.94. The number of ketones is 1. The first-order valence-corrected chi connectivity index (χ1v) is 10.9. The molecule has 1 saturated carbocycles. The van der Waals surface area contributed by atoms with Crippen molar-refractivity contribution < 1.29 is 23.5 Å². The van der Waals surface area contributed by atoms with Crippen molar-refractivity contribution in [1.82, 2.24) is 15.5 Å². The van der Waals surface area contributed by atoms with E-state index in [0.717, 1.165) is 30.7 Å². The normalized spacial score (nSPS) is 33.0. The largest absolute Gasteiger partial charge is 0.454 e. The van der Waals surface area contributed by atoms with Gasteiger partial charge in [-0.15, -0.1) is 0 Å². The van der Waals surface area contributed by atoms with Gasteiger partial charge >= 0.3 is 0 Å². The van der Waals surface area contributed by atoms with E-state index in [9.17, 15) is 14.0 Å². The summed E-state index contributed by atoms with van der Waals surface area (Å²) in [5, 5.41) is 6.56. The van der Waals surface area contributed by atoms with Crippen LogP contribution in [0.15, 0.2) is 18.2 Å². The molecule has 7 nitrogen and oxygen atoms in total. The molecule has 3 heterocycles. The van der Waals surface area contributed by atoms with Crippen LogP contribution in [0.1, 0.15) is 31.2 Å². The fraction of sp³-hybridized carbons (Fsp3) is 0.636. The first-order chi connectivity index (χ1) is 14.6. The van der Waals surface area contributed by atoms with E-state index in [0.29, 0.717) is 31.7 Å². The fourth-order valence-electron chi connectivity index (χ4n) is 5.34. The lowest BCUT2D eigenvalue weighted by Gasteiger charge is -2.48. The van der Waals surface area contributed by atoms with Crippen molar-refractivity contribution in [3.8, 4) is 11.5 Å². The van der Waals surface area contributed by atoms with E-state index in [4.69, 9.17) is 9.47 Å². The Labute approximate surface area is 175 Å². The summed E-state index contributed by atoms with van der Waals surface area (Å²) in [4.78, 5) is 27.5. The van der Waals surface area contributed by atoms with Crippen molar-refractivity contribution in [3.63, 3.8) is 0 Å². The molecule has 3 fully saturated rings. The van der Waals surface area contributed by atoms with E-state index in [-0.39, 0.29) is 48.9 Å². The Hall–Kier alpha value is -2.19. The molecule has 3 aliphatic heterocycles. The number of likely N-dealkylation sites (tertiary alicyclic amines) is 1. The Morgan fingerprint density at radius 1 is 1.17 bits per heavy atom. The summed E-state index contributed by atoms with van der Waals surface area (Å²) in [5.74, 6) is 1.18. The molecule has 0 radical (unpaired) electrons. The zero-order valence-corrected chi connectivity index (χ0v) is 16.9. The van der Waals surface area contributed by atoms with Crippen LogP contribution in [0.25, 0.3) is 0 Å². The molecule has 30 heavy (non-hydrogen) atoms. The van der Waals surface area contributed by atoms with Crippen LogP contribution in [0.2, 0.25) is 0 Å². The SMILES string of the molecule is O=C(CN1CCC2NC3CCC(F)CC3C(=O)C2C1)NCc1ccc2c(c1)OCO2. The number of nitrogens with zero attached hydrogens (tertiary/aromatic N) is 1. The maximum atomic E-state index is 13.8. The second-order valence-electron chi connectivity index (χ2n) is 8.89. The van der Waals surface area contributed by atoms with Gasteiger partial charge in [-0.2, -0.15) is 0 Å². The minimum absolute atomic E-state index is 0.0679. The lowest BCUT2D eigenvalue weighted by molar-refractivity contribution is -0.137. The number of amides is 1. The van der Waals surface area contributed by atoms with Gasteiger partial charge in [0.25, 0.3) is 0 Å². The van der Waals surface area contributed by atoms with Gasteiger partial charge in [0.1, 0.15) is 12.0 Å². The van der Waals surface area contributed by atoms with Crippen LogP contribution in [0, 0.1) is 11.8 Å². The molecule has 1 aromatic carbocycles. The number of hydrogen-bond donors (Lipinski definition) is 2. The average Bonchev–Trinajstić information content (AvgIpc) is 3.21. The molecule has 4 aliphatic rings. The van der Waals surface area contributed by atoms with Gasteiger partial charge in [-0.25, -0.2) is 4.39 Å². The van der Waals surface area contributed by atoms with Gasteiger partial charge in [0.15, 0.2) is 11.5 Å². The van der Waals surface area contributed by atoms with Crippen LogP contribution in [-0.2, 0) is 16.1 Å².